The van der Waals surface area contributed by atoms with E-state index in [1.807, 2.05) is 6.92 Å². The van der Waals surface area contributed by atoms with Gasteiger partial charge in [-0.1, -0.05) is 12.1 Å². The summed E-state index contributed by atoms with van der Waals surface area (Å²) in [7, 11) is 0. The molecule has 1 aromatic carbocycles. The summed E-state index contributed by atoms with van der Waals surface area (Å²) in [5, 5.41) is 12.2. The van der Waals surface area contributed by atoms with Gasteiger partial charge in [-0.3, -0.25) is 9.69 Å². The Morgan fingerprint density at radius 1 is 1.33 bits per heavy atom. The third-order valence-corrected chi connectivity index (χ3v) is 8.05. The number of likely N-dealkylation sites (tertiary alicyclic amines) is 1. The van der Waals surface area contributed by atoms with E-state index in [-0.39, 0.29) is 17.9 Å². The van der Waals surface area contributed by atoms with E-state index in [2.05, 4.69) is 17.0 Å². The zero-order valence-corrected chi connectivity index (χ0v) is 15.9. The largest absolute Gasteiger partial charge is 0.481 e. The van der Waals surface area contributed by atoms with Gasteiger partial charge >= 0.3 is 0 Å². The monoisotopic (exact) mass is 369 g/mol. The molecule has 6 rings (SSSR count). The number of ketones is 1. The van der Waals surface area contributed by atoms with E-state index in [0.29, 0.717) is 12.8 Å². The van der Waals surface area contributed by atoms with Gasteiger partial charge in [0.2, 0.25) is 0 Å². The fourth-order valence-corrected chi connectivity index (χ4v) is 6.83. The second kappa shape index (κ2) is 5.34. The molecule has 2 saturated heterocycles. The Balaban J connectivity index is 1.50. The van der Waals surface area contributed by atoms with Gasteiger partial charge in [-0.15, -0.1) is 0 Å². The number of hydrogen-bond acceptors (Lipinski definition) is 5. The first-order chi connectivity index (χ1) is 13.0. The van der Waals surface area contributed by atoms with Crippen LogP contribution in [-0.2, 0) is 21.4 Å². The van der Waals surface area contributed by atoms with Gasteiger partial charge in [0.25, 0.3) is 0 Å². The van der Waals surface area contributed by atoms with E-state index in [4.69, 9.17) is 9.47 Å². The maximum atomic E-state index is 12.9. The fourth-order valence-electron chi connectivity index (χ4n) is 6.83. The van der Waals surface area contributed by atoms with Crippen molar-refractivity contribution in [2.75, 3.05) is 19.7 Å². The first-order valence-corrected chi connectivity index (χ1v) is 10.4. The Bertz CT molecular complexity index is 832. The number of piperidine rings is 1. The van der Waals surface area contributed by atoms with Crippen LogP contribution in [0.15, 0.2) is 12.1 Å². The van der Waals surface area contributed by atoms with Gasteiger partial charge in [-0.2, -0.15) is 0 Å². The van der Waals surface area contributed by atoms with Crippen molar-refractivity contribution in [3.05, 3.63) is 28.8 Å². The number of rotatable bonds is 2. The molecular weight excluding hydrogens is 342 g/mol. The third kappa shape index (κ3) is 1.88. The second-order valence-electron chi connectivity index (χ2n) is 9.21. The Morgan fingerprint density at radius 2 is 2.22 bits per heavy atom. The number of hydrogen-bond donors (Lipinski definition) is 1. The average molecular weight is 369 g/mol. The lowest BCUT2D eigenvalue weighted by Gasteiger charge is -2.62. The molecule has 0 amide bonds. The highest BCUT2D eigenvalue weighted by Crippen LogP contribution is 2.63. The highest BCUT2D eigenvalue weighted by molar-refractivity contribution is 5.89. The van der Waals surface area contributed by atoms with Crippen LogP contribution in [0.2, 0.25) is 0 Å². The summed E-state index contributed by atoms with van der Waals surface area (Å²) in [4.78, 5) is 15.3. The van der Waals surface area contributed by atoms with E-state index in [0.717, 1.165) is 62.3 Å². The van der Waals surface area contributed by atoms with Gasteiger partial charge in [0.15, 0.2) is 11.9 Å². The predicted octanol–water partition coefficient (Wildman–Crippen LogP) is 1.90. The van der Waals surface area contributed by atoms with E-state index in [9.17, 15) is 9.90 Å². The van der Waals surface area contributed by atoms with Crippen LogP contribution in [0, 0.1) is 6.92 Å². The van der Waals surface area contributed by atoms with Crippen molar-refractivity contribution in [1.29, 1.82) is 0 Å². The molecule has 144 valence electrons. The number of Topliss-reactive ketones (excluding diaryl/α,β-unsaturated/α-hetero) is 1. The van der Waals surface area contributed by atoms with Crippen molar-refractivity contribution in [3.8, 4) is 5.75 Å². The Kier molecular flexibility index (Phi) is 3.27. The van der Waals surface area contributed by atoms with Crippen LogP contribution in [-0.4, -0.2) is 59.3 Å². The Hall–Kier alpha value is -1.43. The number of carbonyl (C=O) groups excluding carboxylic acids is 1. The van der Waals surface area contributed by atoms with Crippen molar-refractivity contribution in [2.24, 2.45) is 0 Å². The second-order valence-corrected chi connectivity index (χ2v) is 9.21. The molecule has 0 aromatic heterocycles. The normalized spacial score (nSPS) is 42.1. The molecule has 3 unspecified atom stereocenters. The third-order valence-electron chi connectivity index (χ3n) is 8.05. The Labute approximate surface area is 159 Å². The van der Waals surface area contributed by atoms with Crippen LogP contribution in [0.4, 0.5) is 0 Å². The van der Waals surface area contributed by atoms with Gasteiger partial charge in [-0.05, 0) is 56.7 Å². The van der Waals surface area contributed by atoms with Crippen molar-refractivity contribution in [3.63, 3.8) is 0 Å². The molecule has 1 spiro atoms. The summed E-state index contributed by atoms with van der Waals surface area (Å²) < 4.78 is 12.2. The number of aryl methyl sites for hydroxylation is 1. The summed E-state index contributed by atoms with van der Waals surface area (Å²) in [6, 6.07) is 4.34. The molecule has 5 aliphatic rings. The number of aliphatic hydroxyl groups is 1. The quantitative estimate of drug-likeness (QED) is 0.863. The van der Waals surface area contributed by atoms with Gasteiger partial charge in [0.05, 0.1) is 17.1 Å². The summed E-state index contributed by atoms with van der Waals surface area (Å²) >= 11 is 0. The molecule has 27 heavy (non-hydrogen) atoms. The van der Waals surface area contributed by atoms with Gasteiger partial charge < -0.3 is 14.6 Å². The van der Waals surface area contributed by atoms with Crippen LogP contribution >= 0.6 is 0 Å². The van der Waals surface area contributed by atoms with Gasteiger partial charge in [-0.25, -0.2) is 0 Å². The van der Waals surface area contributed by atoms with Crippen molar-refractivity contribution < 1.29 is 19.4 Å². The molecule has 3 heterocycles. The summed E-state index contributed by atoms with van der Waals surface area (Å²) in [5.41, 5.74) is 2.03. The van der Waals surface area contributed by atoms with Crippen molar-refractivity contribution in [2.45, 2.75) is 74.7 Å². The van der Waals surface area contributed by atoms with Gasteiger partial charge in [0, 0.05) is 31.2 Å². The van der Waals surface area contributed by atoms with E-state index in [1.54, 1.807) is 0 Å². The molecule has 3 fully saturated rings. The maximum absolute atomic E-state index is 12.9. The molecular formula is C22H27NO4. The topological polar surface area (TPSA) is 59.0 Å². The molecule has 5 atom stereocenters. The van der Waals surface area contributed by atoms with Crippen LogP contribution in [0.3, 0.4) is 0 Å². The summed E-state index contributed by atoms with van der Waals surface area (Å²) in [6.45, 7) is 4.68. The minimum Gasteiger partial charge on any atom is -0.481 e. The average Bonchev–Trinajstić information content (AvgIpc) is 3.27. The smallest absolute Gasteiger partial charge is 0.174 e. The number of nitrogens with zero attached hydrogens (tertiary/aromatic N) is 1. The van der Waals surface area contributed by atoms with E-state index in [1.165, 1.54) is 5.56 Å². The van der Waals surface area contributed by atoms with Crippen LogP contribution in [0.5, 0.6) is 5.75 Å². The zero-order chi connectivity index (χ0) is 18.4. The minimum absolute atomic E-state index is 0.0378. The number of benzene rings is 1. The molecule has 0 radical (unpaired) electrons. The minimum atomic E-state index is -0.894. The summed E-state index contributed by atoms with van der Waals surface area (Å²) in [6.07, 6.45) is 4.58. The molecule has 1 aromatic rings. The summed E-state index contributed by atoms with van der Waals surface area (Å²) in [5.74, 6) is 1.03. The van der Waals surface area contributed by atoms with Crippen molar-refractivity contribution >= 4 is 5.78 Å². The first kappa shape index (κ1) is 16.5. The van der Waals surface area contributed by atoms with Gasteiger partial charge in [0.1, 0.15) is 5.75 Å². The highest BCUT2D eigenvalue weighted by atomic mass is 16.5. The fraction of sp³-hybridized carbons (Fsp3) is 0.682. The first-order valence-electron chi connectivity index (χ1n) is 10.4. The molecule has 5 nitrogen and oxygen atoms in total. The molecule has 1 N–H and O–H groups in total. The van der Waals surface area contributed by atoms with Crippen LogP contribution in [0.1, 0.15) is 48.8 Å². The lowest BCUT2D eigenvalue weighted by Crippen LogP contribution is -2.76. The molecule has 1 saturated carbocycles. The van der Waals surface area contributed by atoms with E-state index < -0.39 is 17.1 Å². The highest BCUT2D eigenvalue weighted by Gasteiger charge is 2.72. The number of carbonyl (C=O) groups is 1. The predicted molar refractivity (Wildman–Crippen MR) is 99.1 cm³/mol. The lowest BCUT2D eigenvalue weighted by atomic mass is 9.49. The maximum Gasteiger partial charge on any atom is 0.174 e. The number of ether oxygens (including phenoxy) is 2. The van der Waals surface area contributed by atoms with Crippen LogP contribution in [0.25, 0.3) is 0 Å². The molecule has 2 bridgehead atoms. The molecule has 3 aliphatic heterocycles. The van der Waals surface area contributed by atoms with Crippen LogP contribution < -0.4 is 4.74 Å². The molecule has 5 heteroatoms. The molecule has 2 aliphatic carbocycles. The van der Waals surface area contributed by atoms with E-state index >= 15 is 0 Å². The van der Waals surface area contributed by atoms with Crippen molar-refractivity contribution in [1.82, 2.24) is 4.90 Å². The Morgan fingerprint density at radius 3 is 3.04 bits per heavy atom. The lowest BCUT2D eigenvalue weighted by molar-refractivity contribution is -0.191. The SMILES string of the molecule is Cc1ccc2c3c1OC1C(=O)CCC4(O)[C@@H](C2)N(CC2CCCO2)CC[C@]314. The standard InChI is InChI=1S/C22H27NO4/c1-13-4-5-14-11-17-22(25)7-6-16(24)20-21(22,18(14)19(13)27-20)8-9-23(17)12-15-3-2-10-26-15/h4-5,15,17,20,25H,2-3,6-12H2,1H3/t15?,17-,20?,21+,22?/m1/s1. The zero-order valence-electron chi connectivity index (χ0n) is 15.9.